The number of ether oxygens (including phenoxy) is 2. The minimum Gasteiger partial charge on any atom is -0.480 e. The molecule has 1 fully saturated rings. The van der Waals surface area contributed by atoms with Crippen LogP contribution in [-0.2, 0) is 0 Å². The highest BCUT2D eigenvalue weighted by molar-refractivity contribution is 5.98. The van der Waals surface area contributed by atoms with Crippen LogP contribution >= 0.6 is 0 Å². The maximum atomic E-state index is 12.9. The standard InChI is InChI=1S/C24H30N4O3/c1-18-17-31-22-8-4-3-7-20(22)24(29)28(18)12-6-5-11-27-13-9-19(10-14-27)21-15-25-16-23(26-21)30-2/h3-4,7-8,15-17,19H,5-6,9-14H2,1-2H3. The number of piperidine rings is 1. The van der Waals surface area contributed by atoms with Gasteiger partial charge in [-0.2, -0.15) is 0 Å². The van der Waals surface area contributed by atoms with Gasteiger partial charge in [-0.3, -0.25) is 9.78 Å². The van der Waals surface area contributed by atoms with Gasteiger partial charge in [0.1, 0.15) is 12.0 Å². The molecule has 31 heavy (non-hydrogen) atoms. The van der Waals surface area contributed by atoms with E-state index >= 15 is 0 Å². The van der Waals surface area contributed by atoms with Gasteiger partial charge in [0.15, 0.2) is 0 Å². The molecule has 7 heteroatoms. The summed E-state index contributed by atoms with van der Waals surface area (Å²) < 4.78 is 10.9. The number of unbranched alkanes of at least 4 members (excludes halogenated alkanes) is 1. The molecule has 2 aromatic rings. The van der Waals surface area contributed by atoms with Crippen LogP contribution in [0.15, 0.2) is 48.6 Å². The highest BCUT2D eigenvalue weighted by Crippen LogP contribution is 2.28. The number of hydrogen-bond acceptors (Lipinski definition) is 6. The Balaban J connectivity index is 1.23. The van der Waals surface area contributed by atoms with Gasteiger partial charge in [0.25, 0.3) is 5.91 Å². The maximum absolute atomic E-state index is 12.9. The van der Waals surface area contributed by atoms with E-state index in [1.54, 1.807) is 19.6 Å². The van der Waals surface area contributed by atoms with E-state index in [0.29, 0.717) is 29.7 Å². The monoisotopic (exact) mass is 422 g/mol. The number of likely N-dealkylation sites (tertiary alicyclic amines) is 1. The molecule has 164 valence electrons. The van der Waals surface area contributed by atoms with Crippen molar-refractivity contribution in [3.05, 3.63) is 59.9 Å². The summed E-state index contributed by atoms with van der Waals surface area (Å²) in [6.45, 7) is 5.80. The Morgan fingerprint density at radius 2 is 1.90 bits per heavy atom. The van der Waals surface area contributed by atoms with Crippen LogP contribution in [0, 0.1) is 0 Å². The average molecular weight is 423 g/mol. The summed E-state index contributed by atoms with van der Waals surface area (Å²) in [5, 5.41) is 0. The lowest BCUT2D eigenvalue weighted by atomic mass is 9.93. The Kier molecular flexibility index (Phi) is 6.82. The van der Waals surface area contributed by atoms with Gasteiger partial charge in [-0.1, -0.05) is 12.1 Å². The second-order valence-electron chi connectivity index (χ2n) is 8.14. The molecular formula is C24H30N4O3. The van der Waals surface area contributed by atoms with E-state index in [9.17, 15) is 4.79 Å². The third kappa shape index (κ3) is 5.05. The fraction of sp³-hybridized carbons (Fsp3) is 0.458. The molecule has 4 rings (SSSR count). The molecule has 0 unspecified atom stereocenters. The average Bonchev–Trinajstić information content (AvgIpc) is 2.94. The topological polar surface area (TPSA) is 67.8 Å². The van der Waals surface area contributed by atoms with E-state index in [1.807, 2.05) is 42.3 Å². The van der Waals surface area contributed by atoms with Crippen molar-refractivity contribution >= 4 is 5.91 Å². The molecule has 0 spiro atoms. The summed E-state index contributed by atoms with van der Waals surface area (Å²) in [4.78, 5) is 26.1. The van der Waals surface area contributed by atoms with Crippen LogP contribution in [0.5, 0.6) is 11.6 Å². The molecule has 3 heterocycles. The molecule has 2 aliphatic rings. The van der Waals surface area contributed by atoms with Crippen molar-refractivity contribution in [3.63, 3.8) is 0 Å². The number of amides is 1. The summed E-state index contributed by atoms with van der Waals surface area (Å²) in [6, 6.07) is 7.42. The molecule has 0 N–H and O–H groups in total. The molecular weight excluding hydrogens is 392 g/mol. The first kappa shape index (κ1) is 21.3. The molecule has 0 bridgehead atoms. The molecule has 1 amide bonds. The Bertz CT molecular complexity index is 938. The Hall–Kier alpha value is -2.93. The number of hydrogen-bond donors (Lipinski definition) is 0. The molecule has 0 radical (unpaired) electrons. The van der Waals surface area contributed by atoms with Crippen LogP contribution in [0.1, 0.15) is 54.6 Å². The largest absolute Gasteiger partial charge is 0.480 e. The van der Waals surface area contributed by atoms with Crippen LogP contribution in [0.2, 0.25) is 0 Å². The Morgan fingerprint density at radius 1 is 1.13 bits per heavy atom. The highest BCUT2D eigenvalue weighted by atomic mass is 16.5. The lowest BCUT2D eigenvalue weighted by Crippen LogP contribution is -2.34. The van der Waals surface area contributed by atoms with E-state index in [0.717, 1.165) is 56.7 Å². The molecule has 1 saturated heterocycles. The lowest BCUT2D eigenvalue weighted by Gasteiger charge is -2.31. The van der Waals surface area contributed by atoms with Gasteiger partial charge >= 0.3 is 0 Å². The number of para-hydroxylation sites is 1. The zero-order valence-electron chi connectivity index (χ0n) is 18.3. The first-order chi connectivity index (χ1) is 15.2. The van der Waals surface area contributed by atoms with Gasteiger partial charge in [-0.25, -0.2) is 4.98 Å². The summed E-state index contributed by atoms with van der Waals surface area (Å²) in [5.41, 5.74) is 2.50. The van der Waals surface area contributed by atoms with Crippen molar-refractivity contribution in [2.45, 2.75) is 38.5 Å². The Morgan fingerprint density at radius 3 is 2.71 bits per heavy atom. The molecule has 0 saturated carbocycles. The third-order valence-electron chi connectivity index (χ3n) is 6.10. The van der Waals surface area contributed by atoms with E-state index in [2.05, 4.69) is 14.9 Å². The van der Waals surface area contributed by atoms with E-state index in [4.69, 9.17) is 9.47 Å². The number of allylic oxidation sites excluding steroid dienone is 1. The van der Waals surface area contributed by atoms with Gasteiger partial charge in [-0.05, 0) is 64.4 Å². The zero-order valence-corrected chi connectivity index (χ0v) is 18.3. The highest BCUT2D eigenvalue weighted by Gasteiger charge is 2.24. The zero-order chi connectivity index (χ0) is 21.6. The van der Waals surface area contributed by atoms with Crippen LogP contribution in [0.4, 0.5) is 0 Å². The number of carbonyl (C=O) groups is 1. The maximum Gasteiger partial charge on any atom is 0.261 e. The quantitative estimate of drug-likeness (QED) is 0.632. The second-order valence-corrected chi connectivity index (χ2v) is 8.14. The number of nitrogens with zero attached hydrogens (tertiary/aromatic N) is 4. The van der Waals surface area contributed by atoms with E-state index in [-0.39, 0.29) is 5.91 Å². The SMILES string of the molecule is COc1cncc(C2CCN(CCCCN3C(=O)c4ccccc4OC=C3C)CC2)n1. The molecule has 0 atom stereocenters. The van der Waals surface area contributed by atoms with Gasteiger partial charge in [0.05, 0.1) is 30.3 Å². The number of benzene rings is 1. The molecule has 1 aromatic heterocycles. The van der Waals surface area contributed by atoms with Crippen LogP contribution in [-0.4, -0.2) is 59.0 Å². The summed E-state index contributed by atoms with van der Waals surface area (Å²) in [6.07, 6.45) is 9.37. The van der Waals surface area contributed by atoms with Crippen LogP contribution in [0.3, 0.4) is 0 Å². The number of carbonyl (C=O) groups excluding carboxylic acids is 1. The van der Waals surface area contributed by atoms with Gasteiger partial charge in [0.2, 0.25) is 5.88 Å². The fourth-order valence-electron chi connectivity index (χ4n) is 4.26. The number of aromatic nitrogens is 2. The second kappa shape index (κ2) is 9.92. The smallest absolute Gasteiger partial charge is 0.261 e. The van der Waals surface area contributed by atoms with Gasteiger partial charge in [-0.15, -0.1) is 0 Å². The Labute approximate surface area is 183 Å². The number of rotatable bonds is 7. The van der Waals surface area contributed by atoms with Crippen molar-refractivity contribution in [1.29, 1.82) is 0 Å². The predicted molar refractivity (Wildman–Crippen MR) is 118 cm³/mol. The molecule has 7 nitrogen and oxygen atoms in total. The molecule has 0 aliphatic carbocycles. The van der Waals surface area contributed by atoms with Crippen molar-refractivity contribution < 1.29 is 14.3 Å². The summed E-state index contributed by atoms with van der Waals surface area (Å²) >= 11 is 0. The third-order valence-corrected chi connectivity index (χ3v) is 6.10. The minimum absolute atomic E-state index is 0.0158. The summed E-state index contributed by atoms with van der Waals surface area (Å²) in [7, 11) is 1.62. The van der Waals surface area contributed by atoms with Crippen LogP contribution in [0.25, 0.3) is 0 Å². The molecule has 2 aliphatic heterocycles. The summed E-state index contributed by atoms with van der Waals surface area (Å²) in [5.74, 6) is 1.67. The first-order valence-electron chi connectivity index (χ1n) is 11.0. The number of fused-ring (bicyclic) bond motifs is 1. The van der Waals surface area contributed by atoms with E-state index in [1.165, 1.54) is 0 Å². The van der Waals surface area contributed by atoms with Crippen molar-refractivity contribution in [2.24, 2.45) is 0 Å². The lowest BCUT2D eigenvalue weighted by molar-refractivity contribution is 0.0804. The van der Waals surface area contributed by atoms with Crippen molar-refractivity contribution in [3.8, 4) is 11.6 Å². The van der Waals surface area contributed by atoms with E-state index < -0.39 is 0 Å². The van der Waals surface area contributed by atoms with Crippen LogP contribution < -0.4 is 9.47 Å². The minimum atomic E-state index is 0.0158. The van der Waals surface area contributed by atoms with Crippen molar-refractivity contribution in [2.75, 3.05) is 33.3 Å². The van der Waals surface area contributed by atoms with Gasteiger partial charge < -0.3 is 19.3 Å². The first-order valence-corrected chi connectivity index (χ1v) is 11.0. The van der Waals surface area contributed by atoms with Gasteiger partial charge in [0, 0.05) is 18.7 Å². The normalized spacial score (nSPS) is 17.5. The number of methoxy groups -OCH3 is 1. The van der Waals surface area contributed by atoms with Crippen molar-refractivity contribution in [1.82, 2.24) is 19.8 Å². The predicted octanol–water partition coefficient (Wildman–Crippen LogP) is 3.84. The molecule has 1 aromatic carbocycles. The fourth-order valence-corrected chi connectivity index (χ4v) is 4.26.